The van der Waals surface area contributed by atoms with Crippen LogP contribution in [0.25, 0.3) is 21.6 Å². The highest BCUT2D eigenvalue weighted by atomic mass is 32.1. The van der Waals surface area contributed by atoms with E-state index in [1.54, 1.807) is 24.5 Å². The molecule has 128 valence electrons. The third-order valence-electron chi connectivity index (χ3n) is 3.48. The Kier molecular flexibility index (Phi) is 4.12. The molecule has 0 bridgehead atoms. The molecular weight excluding hydrogens is 352 g/mol. The first-order chi connectivity index (χ1) is 12.7. The lowest BCUT2D eigenvalue weighted by Gasteiger charge is -2.04. The van der Waals surface area contributed by atoms with Gasteiger partial charge in [-0.05, 0) is 30.3 Å². The zero-order chi connectivity index (χ0) is 17.9. The first kappa shape index (κ1) is 15.9. The van der Waals surface area contributed by atoms with Gasteiger partial charge in [0.15, 0.2) is 5.13 Å². The lowest BCUT2D eigenvalue weighted by Crippen LogP contribution is -2.07. The molecule has 0 fully saturated rings. The monoisotopic (exact) mass is 364 g/mol. The molecule has 0 aliphatic carbocycles. The molecule has 8 nitrogen and oxygen atoms in total. The number of nitrogens with zero attached hydrogens (tertiary/aromatic N) is 4. The van der Waals surface area contributed by atoms with Gasteiger partial charge in [0, 0.05) is 35.9 Å². The number of carbonyl (C=O) groups is 1. The average Bonchev–Trinajstić information content (AvgIpc) is 3.03. The fourth-order valence-electron chi connectivity index (χ4n) is 2.36. The van der Waals surface area contributed by atoms with Crippen LogP contribution in [0, 0.1) is 0 Å². The number of anilines is 3. The van der Waals surface area contributed by atoms with Gasteiger partial charge in [0.25, 0.3) is 0 Å². The second kappa shape index (κ2) is 6.73. The fourth-order valence-corrected chi connectivity index (χ4v) is 3.21. The van der Waals surface area contributed by atoms with Gasteiger partial charge in [0.2, 0.25) is 0 Å². The molecule has 0 aliphatic heterocycles. The SMILES string of the molecule is O=C(O)Nc1ccnc(Nc2nc3ccc(-c4ccncc4)nc3s2)c1. The van der Waals surface area contributed by atoms with Crippen molar-refractivity contribution in [3.05, 3.63) is 55.0 Å². The van der Waals surface area contributed by atoms with Gasteiger partial charge in [0.05, 0.1) is 5.69 Å². The highest BCUT2D eigenvalue weighted by molar-refractivity contribution is 7.21. The summed E-state index contributed by atoms with van der Waals surface area (Å²) in [6.45, 7) is 0. The number of hydrogen-bond acceptors (Lipinski definition) is 7. The maximum Gasteiger partial charge on any atom is 0.409 e. The van der Waals surface area contributed by atoms with Crippen LogP contribution in [0.15, 0.2) is 55.0 Å². The van der Waals surface area contributed by atoms with Crippen LogP contribution in [0.1, 0.15) is 0 Å². The Morgan fingerprint density at radius 3 is 2.69 bits per heavy atom. The predicted molar refractivity (Wildman–Crippen MR) is 99.8 cm³/mol. The molecule has 4 aromatic rings. The zero-order valence-corrected chi connectivity index (χ0v) is 14.1. The molecule has 0 aliphatic rings. The largest absolute Gasteiger partial charge is 0.465 e. The summed E-state index contributed by atoms with van der Waals surface area (Å²) in [5, 5.41) is 14.8. The van der Waals surface area contributed by atoms with Crippen molar-refractivity contribution in [1.29, 1.82) is 0 Å². The molecule has 0 spiro atoms. The molecule has 4 aromatic heterocycles. The summed E-state index contributed by atoms with van der Waals surface area (Å²) in [5.41, 5.74) is 3.03. The number of thiazole rings is 1. The Hall–Kier alpha value is -3.59. The quantitative estimate of drug-likeness (QED) is 0.502. The smallest absolute Gasteiger partial charge is 0.409 e. The van der Waals surface area contributed by atoms with Crippen molar-refractivity contribution in [2.75, 3.05) is 10.6 Å². The van der Waals surface area contributed by atoms with Gasteiger partial charge in [-0.15, -0.1) is 0 Å². The Bertz CT molecular complexity index is 1080. The number of nitrogens with one attached hydrogen (secondary N) is 2. The van der Waals surface area contributed by atoms with Gasteiger partial charge in [-0.1, -0.05) is 11.3 Å². The number of amides is 1. The minimum atomic E-state index is -1.13. The lowest BCUT2D eigenvalue weighted by atomic mass is 10.2. The van der Waals surface area contributed by atoms with Crippen molar-refractivity contribution in [1.82, 2.24) is 19.9 Å². The minimum absolute atomic E-state index is 0.425. The molecule has 0 radical (unpaired) electrons. The average molecular weight is 364 g/mol. The molecule has 0 saturated carbocycles. The molecule has 4 rings (SSSR count). The van der Waals surface area contributed by atoms with E-state index >= 15 is 0 Å². The van der Waals surface area contributed by atoms with Crippen molar-refractivity contribution in [2.24, 2.45) is 0 Å². The van der Waals surface area contributed by atoms with Crippen LogP contribution in [0.4, 0.5) is 21.4 Å². The van der Waals surface area contributed by atoms with E-state index in [4.69, 9.17) is 5.11 Å². The fraction of sp³-hybridized carbons (Fsp3) is 0. The molecule has 0 atom stereocenters. The molecule has 0 unspecified atom stereocenters. The molecule has 0 aromatic carbocycles. The molecule has 26 heavy (non-hydrogen) atoms. The maximum atomic E-state index is 10.7. The summed E-state index contributed by atoms with van der Waals surface area (Å²) in [5.74, 6) is 0.490. The second-order valence-corrected chi connectivity index (χ2v) is 6.24. The second-order valence-electron chi connectivity index (χ2n) is 5.26. The third-order valence-corrected chi connectivity index (χ3v) is 4.36. The number of pyridine rings is 3. The number of hydrogen-bond donors (Lipinski definition) is 3. The van der Waals surface area contributed by atoms with Crippen molar-refractivity contribution in [2.45, 2.75) is 0 Å². The van der Waals surface area contributed by atoms with E-state index in [0.29, 0.717) is 16.6 Å². The molecule has 9 heteroatoms. The van der Waals surface area contributed by atoms with E-state index in [-0.39, 0.29) is 0 Å². The van der Waals surface area contributed by atoms with Crippen LogP contribution in [-0.2, 0) is 0 Å². The number of rotatable bonds is 4. The lowest BCUT2D eigenvalue weighted by molar-refractivity contribution is 0.210. The third kappa shape index (κ3) is 3.42. The summed E-state index contributed by atoms with van der Waals surface area (Å²) < 4.78 is 0. The highest BCUT2D eigenvalue weighted by Crippen LogP contribution is 2.29. The number of aromatic nitrogens is 4. The maximum absolute atomic E-state index is 10.7. The molecule has 0 saturated heterocycles. The van der Waals surface area contributed by atoms with Crippen LogP contribution in [0.3, 0.4) is 0 Å². The van der Waals surface area contributed by atoms with Gasteiger partial charge in [-0.3, -0.25) is 10.3 Å². The van der Waals surface area contributed by atoms with E-state index in [2.05, 4.69) is 30.6 Å². The van der Waals surface area contributed by atoms with E-state index < -0.39 is 6.09 Å². The first-order valence-corrected chi connectivity index (χ1v) is 8.40. The van der Waals surface area contributed by atoms with Gasteiger partial charge in [-0.2, -0.15) is 0 Å². The van der Waals surface area contributed by atoms with Crippen LogP contribution < -0.4 is 10.6 Å². The zero-order valence-electron chi connectivity index (χ0n) is 13.2. The predicted octanol–water partition coefficient (Wildman–Crippen LogP) is 3.98. The standard InChI is InChI=1S/C17H12N6O2S/c24-17(25)20-11-5-8-19-14(9-11)23-16-22-13-2-1-12(21-15(13)26-16)10-3-6-18-7-4-10/h1-9H,(H,24,25)(H2,19,20,22,23). The normalized spacial score (nSPS) is 10.6. The van der Waals surface area contributed by atoms with Gasteiger partial charge in [-0.25, -0.2) is 19.7 Å². The number of carboxylic acid groups (broad SMARTS) is 1. The van der Waals surface area contributed by atoms with Crippen molar-refractivity contribution in [3.8, 4) is 11.3 Å². The minimum Gasteiger partial charge on any atom is -0.465 e. The first-order valence-electron chi connectivity index (χ1n) is 7.58. The van der Waals surface area contributed by atoms with Crippen molar-refractivity contribution in [3.63, 3.8) is 0 Å². The number of fused-ring (bicyclic) bond motifs is 1. The van der Waals surface area contributed by atoms with Crippen molar-refractivity contribution < 1.29 is 9.90 Å². The summed E-state index contributed by atoms with van der Waals surface area (Å²) in [6.07, 6.45) is 3.84. The summed E-state index contributed by atoms with van der Waals surface area (Å²) in [6, 6.07) is 10.8. The Morgan fingerprint density at radius 2 is 1.88 bits per heavy atom. The van der Waals surface area contributed by atoms with Crippen LogP contribution in [-0.4, -0.2) is 31.1 Å². The van der Waals surface area contributed by atoms with E-state index in [0.717, 1.165) is 21.6 Å². The summed E-state index contributed by atoms with van der Waals surface area (Å²) in [4.78, 5) is 28.8. The molecule has 3 N–H and O–H groups in total. The highest BCUT2D eigenvalue weighted by Gasteiger charge is 2.09. The van der Waals surface area contributed by atoms with Crippen LogP contribution >= 0.6 is 11.3 Å². The Balaban J connectivity index is 1.61. The van der Waals surface area contributed by atoms with Gasteiger partial charge >= 0.3 is 6.09 Å². The van der Waals surface area contributed by atoms with E-state index in [9.17, 15) is 4.79 Å². The summed E-state index contributed by atoms with van der Waals surface area (Å²) in [7, 11) is 0. The molecular formula is C17H12N6O2S. The molecule has 4 heterocycles. The van der Waals surface area contributed by atoms with Gasteiger partial charge < -0.3 is 10.4 Å². The van der Waals surface area contributed by atoms with Crippen molar-refractivity contribution >= 4 is 44.4 Å². The Labute approximate surface area is 151 Å². The molecule has 1 amide bonds. The van der Waals surface area contributed by atoms with E-state index in [1.165, 1.54) is 17.5 Å². The topological polar surface area (TPSA) is 113 Å². The van der Waals surface area contributed by atoms with Crippen LogP contribution in [0.5, 0.6) is 0 Å². The van der Waals surface area contributed by atoms with Gasteiger partial charge in [0.1, 0.15) is 16.2 Å². The summed E-state index contributed by atoms with van der Waals surface area (Å²) >= 11 is 1.40. The van der Waals surface area contributed by atoms with Crippen LogP contribution in [0.2, 0.25) is 0 Å². The Morgan fingerprint density at radius 1 is 1.04 bits per heavy atom. The van der Waals surface area contributed by atoms with E-state index in [1.807, 2.05) is 24.3 Å².